The molecule has 0 amide bonds. The van der Waals surface area contributed by atoms with E-state index in [4.69, 9.17) is 0 Å². The van der Waals surface area contributed by atoms with E-state index in [0.717, 1.165) is 12.1 Å². The van der Waals surface area contributed by atoms with Crippen LogP contribution in [0.4, 0.5) is 39.4 Å². The second-order valence-corrected chi connectivity index (χ2v) is 5.86. The Bertz CT molecular complexity index is 767. The Kier molecular flexibility index (Phi) is 5.96. The van der Waals surface area contributed by atoms with Gasteiger partial charge in [0.15, 0.2) is 17.3 Å². The summed E-state index contributed by atoms with van der Waals surface area (Å²) < 4.78 is 66.2. The van der Waals surface area contributed by atoms with Gasteiger partial charge in [0, 0.05) is 6.07 Å². The number of benzene rings is 1. The van der Waals surface area contributed by atoms with Gasteiger partial charge in [-0.05, 0) is 18.1 Å². The minimum atomic E-state index is -4.77. The number of alkyl halides is 3. The lowest BCUT2D eigenvalue weighted by Gasteiger charge is -2.21. The molecule has 1 atom stereocenters. The van der Waals surface area contributed by atoms with Gasteiger partial charge in [0.25, 0.3) is 0 Å². The van der Waals surface area contributed by atoms with Gasteiger partial charge in [0.2, 0.25) is 5.95 Å². The monoisotopic (exact) mass is 376 g/mol. The van der Waals surface area contributed by atoms with Crippen molar-refractivity contribution in [1.29, 1.82) is 0 Å². The highest BCUT2D eigenvalue weighted by Gasteiger charge is 2.34. The van der Waals surface area contributed by atoms with Gasteiger partial charge >= 0.3 is 6.18 Å². The number of hydrogen-bond acceptors (Lipinski definition) is 5. The molecule has 2 aromatic rings. The van der Waals surface area contributed by atoms with Crippen LogP contribution >= 0.6 is 0 Å². The van der Waals surface area contributed by atoms with Crippen LogP contribution in [0.25, 0.3) is 0 Å². The Morgan fingerprint density at radius 3 is 2.42 bits per heavy atom. The molecule has 0 saturated carbocycles. The number of nitrogens with zero attached hydrogens (tertiary/aromatic N) is 2. The van der Waals surface area contributed by atoms with Gasteiger partial charge in [-0.3, -0.25) is 0 Å². The Labute approximate surface area is 146 Å². The van der Waals surface area contributed by atoms with Gasteiger partial charge in [-0.25, -0.2) is 13.8 Å². The standard InChI is InChI=1S/C16H17F5N4O/c1-8(2)11(7-26)23-15-24-12(16(19,20)21)6-13(25-15)22-10-5-3-4-9(17)14(10)18/h3-6,8,11,26H,7H2,1-2H3,(H2,22,23,24,25)/t11-/m1/s1. The van der Waals surface area contributed by atoms with Crippen molar-refractivity contribution in [3.8, 4) is 0 Å². The molecular formula is C16H17F5N4O. The minimum absolute atomic E-state index is 0.116. The van der Waals surface area contributed by atoms with Crippen LogP contribution in [0, 0.1) is 17.6 Å². The van der Waals surface area contributed by atoms with Crippen LogP contribution in [0.1, 0.15) is 19.5 Å². The lowest BCUT2D eigenvalue weighted by molar-refractivity contribution is -0.141. The summed E-state index contributed by atoms with van der Waals surface area (Å²) in [5, 5.41) is 14.2. The molecule has 26 heavy (non-hydrogen) atoms. The van der Waals surface area contributed by atoms with Crippen molar-refractivity contribution in [3.63, 3.8) is 0 Å². The van der Waals surface area contributed by atoms with Crippen molar-refractivity contribution < 1.29 is 27.1 Å². The zero-order valence-electron chi connectivity index (χ0n) is 13.9. The molecule has 0 aliphatic heterocycles. The number of anilines is 3. The van der Waals surface area contributed by atoms with E-state index in [1.807, 2.05) is 0 Å². The largest absolute Gasteiger partial charge is 0.433 e. The molecule has 0 aliphatic rings. The topological polar surface area (TPSA) is 70.1 Å². The van der Waals surface area contributed by atoms with Crippen LogP contribution in [-0.4, -0.2) is 27.7 Å². The van der Waals surface area contributed by atoms with Crippen LogP contribution in [0.2, 0.25) is 0 Å². The van der Waals surface area contributed by atoms with Crippen LogP contribution in [0.5, 0.6) is 0 Å². The van der Waals surface area contributed by atoms with Crippen LogP contribution in [0.15, 0.2) is 24.3 Å². The summed E-state index contributed by atoms with van der Waals surface area (Å²) >= 11 is 0. The number of rotatable bonds is 6. The zero-order chi connectivity index (χ0) is 19.5. The third-order valence-corrected chi connectivity index (χ3v) is 3.55. The number of aliphatic hydroxyl groups is 1. The molecule has 0 radical (unpaired) electrons. The first kappa shape index (κ1) is 19.8. The molecule has 0 saturated heterocycles. The molecule has 0 bridgehead atoms. The van der Waals surface area contributed by atoms with Gasteiger partial charge in [-0.1, -0.05) is 19.9 Å². The predicted octanol–water partition coefficient (Wildman–Crippen LogP) is 3.95. The van der Waals surface area contributed by atoms with Crippen LogP contribution < -0.4 is 10.6 Å². The van der Waals surface area contributed by atoms with Gasteiger partial charge in [0.1, 0.15) is 5.82 Å². The van der Waals surface area contributed by atoms with E-state index in [9.17, 15) is 27.1 Å². The lowest BCUT2D eigenvalue weighted by Crippen LogP contribution is -2.30. The Morgan fingerprint density at radius 2 is 1.85 bits per heavy atom. The maximum absolute atomic E-state index is 13.7. The average molecular weight is 376 g/mol. The smallest absolute Gasteiger partial charge is 0.394 e. The van der Waals surface area contributed by atoms with Crippen LogP contribution in [0.3, 0.4) is 0 Å². The highest BCUT2D eigenvalue weighted by molar-refractivity contribution is 5.58. The average Bonchev–Trinajstić information content (AvgIpc) is 2.55. The fourth-order valence-electron chi connectivity index (χ4n) is 2.05. The number of halogens is 5. The summed E-state index contributed by atoms with van der Waals surface area (Å²) in [6, 6.07) is 3.23. The lowest BCUT2D eigenvalue weighted by atomic mass is 10.1. The third kappa shape index (κ3) is 4.78. The normalized spacial score (nSPS) is 13.0. The fourth-order valence-corrected chi connectivity index (χ4v) is 2.05. The van der Waals surface area contributed by atoms with E-state index in [2.05, 4.69) is 20.6 Å². The van der Waals surface area contributed by atoms with Gasteiger partial charge < -0.3 is 15.7 Å². The second kappa shape index (κ2) is 7.81. The maximum Gasteiger partial charge on any atom is 0.433 e. The van der Waals surface area contributed by atoms with Crippen molar-refractivity contribution in [2.75, 3.05) is 17.2 Å². The van der Waals surface area contributed by atoms with E-state index in [1.165, 1.54) is 6.07 Å². The van der Waals surface area contributed by atoms with Crippen LogP contribution in [-0.2, 0) is 6.18 Å². The Hall–Kier alpha value is -2.49. The molecule has 0 spiro atoms. The highest BCUT2D eigenvalue weighted by atomic mass is 19.4. The highest BCUT2D eigenvalue weighted by Crippen LogP contribution is 2.31. The van der Waals surface area contributed by atoms with Gasteiger partial charge in [0.05, 0.1) is 18.3 Å². The predicted molar refractivity (Wildman–Crippen MR) is 86.0 cm³/mol. The molecule has 1 heterocycles. The summed E-state index contributed by atoms with van der Waals surface area (Å²) in [7, 11) is 0. The molecule has 142 valence electrons. The molecule has 0 fully saturated rings. The molecular weight excluding hydrogens is 359 g/mol. The molecule has 10 heteroatoms. The number of aromatic nitrogens is 2. The summed E-state index contributed by atoms with van der Waals surface area (Å²) in [4.78, 5) is 7.24. The third-order valence-electron chi connectivity index (χ3n) is 3.55. The SMILES string of the molecule is CC(C)[C@@H](CO)Nc1nc(Nc2cccc(F)c2F)cc(C(F)(F)F)n1. The Morgan fingerprint density at radius 1 is 1.15 bits per heavy atom. The number of hydrogen-bond donors (Lipinski definition) is 3. The minimum Gasteiger partial charge on any atom is -0.394 e. The molecule has 2 rings (SSSR count). The van der Waals surface area contributed by atoms with Crippen molar-refractivity contribution in [1.82, 2.24) is 9.97 Å². The quantitative estimate of drug-likeness (QED) is 0.666. The molecule has 0 unspecified atom stereocenters. The fraction of sp³-hybridized carbons (Fsp3) is 0.375. The molecule has 1 aromatic carbocycles. The summed E-state index contributed by atoms with van der Waals surface area (Å²) in [6.07, 6.45) is -4.77. The molecule has 0 aliphatic carbocycles. The van der Waals surface area contributed by atoms with Gasteiger partial charge in [-0.15, -0.1) is 0 Å². The first-order valence-corrected chi connectivity index (χ1v) is 7.66. The van der Waals surface area contributed by atoms with Crippen molar-refractivity contribution in [2.45, 2.75) is 26.1 Å². The summed E-state index contributed by atoms with van der Waals surface area (Å²) in [5.74, 6) is -3.29. The molecule has 3 N–H and O–H groups in total. The van der Waals surface area contributed by atoms with E-state index >= 15 is 0 Å². The van der Waals surface area contributed by atoms with Crippen molar-refractivity contribution in [3.05, 3.63) is 41.6 Å². The van der Waals surface area contributed by atoms with E-state index in [0.29, 0.717) is 6.07 Å². The maximum atomic E-state index is 13.7. The van der Waals surface area contributed by atoms with Gasteiger partial charge in [-0.2, -0.15) is 18.2 Å². The first-order valence-electron chi connectivity index (χ1n) is 7.66. The number of aliphatic hydroxyl groups excluding tert-OH is 1. The van der Waals surface area contributed by atoms with E-state index in [1.54, 1.807) is 13.8 Å². The molecule has 5 nitrogen and oxygen atoms in total. The first-order chi connectivity index (χ1) is 12.1. The van der Waals surface area contributed by atoms with E-state index < -0.39 is 35.5 Å². The number of nitrogens with one attached hydrogen (secondary N) is 2. The van der Waals surface area contributed by atoms with E-state index in [-0.39, 0.29) is 24.0 Å². The Balaban J connectivity index is 2.41. The summed E-state index contributed by atoms with van der Waals surface area (Å²) in [5.41, 5.74) is -1.64. The van der Waals surface area contributed by atoms with Crippen molar-refractivity contribution in [2.24, 2.45) is 5.92 Å². The van der Waals surface area contributed by atoms with Crippen molar-refractivity contribution >= 4 is 17.5 Å². The summed E-state index contributed by atoms with van der Waals surface area (Å²) in [6.45, 7) is 3.16. The molecule has 1 aromatic heterocycles. The zero-order valence-corrected chi connectivity index (χ0v) is 13.9. The second-order valence-electron chi connectivity index (χ2n) is 5.86.